The molecule has 1 heterocycles. The Balaban J connectivity index is 1.86. The fourth-order valence-electron chi connectivity index (χ4n) is 1.88. The number of halogens is 1. The lowest BCUT2D eigenvalue weighted by atomic mass is 10.2. The standard InChI is InChI=1S/C13H11FN4O2S/c14-11-8-4-7-10-12(11)15-16-13(10)17-18-21(19,20)9-5-2-1-3-6-9/h1-8,18H,(H2,15,16,17). The van der Waals surface area contributed by atoms with Crippen LogP contribution in [0.3, 0.4) is 0 Å². The number of hydrogen-bond donors (Lipinski definition) is 3. The van der Waals surface area contributed by atoms with E-state index in [0.29, 0.717) is 5.39 Å². The molecule has 0 fully saturated rings. The van der Waals surface area contributed by atoms with E-state index >= 15 is 0 Å². The molecular formula is C13H11FN4O2S. The van der Waals surface area contributed by atoms with Gasteiger partial charge < -0.3 is 0 Å². The molecule has 8 heteroatoms. The molecule has 0 spiro atoms. The number of H-pyrrole nitrogens is 1. The maximum Gasteiger partial charge on any atom is 0.257 e. The topological polar surface area (TPSA) is 86.9 Å². The molecule has 0 amide bonds. The Bertz CT molecular complexity index is 878. The molecule has 21 heavy (non-hydrogen) atoms. The van der Waals surface area contributed by atoms with Crippen molar-refractivity contribution >= 4 is 26.7 Å². The van der Waals surface area contributed by atoms with Crippen LogP contribution in [0.15, 0.2) is 53.4 Å². The van der Waals surface area contributed by atoms with Gasteiger partial charge in [0.2, 0.25) is 0 Å². The van der Waals surface area contributed by atoms with Gasteiger partial charge in [0, 0.05) is 5.39 Å². The molecule has 1 aromatic heterocycles. The normalized spacial score (nSPS) is 11.7. The zero-order valence-corrected chi connectivity index (χ0v) is 11.5. The highest BCUT2D eigenvalue weighted by Gasteiger charge is 2.15. The SMILES string of the molecule is O=S(=O)(NNc1n[nH]c2c(F)cccc12)c1ccccc1. The number of hydrogen-bond acceptors (Lipinski definition) is 4. The number of hydrazine groups is 1. The van der Waals surface area contributed by atoms with E-state index in [2.05, 4.69) is 20.5 Å². The number of aromatic amines is 1. The van der Waals surface area contributed by atoms with E-state index in [0.717, 1.165) is 0 Å². The molecule has 0 saturated carbocycles. The van der Waals surface area contributed by atoms with Crippen LogP contribution in [-0.2, 0) is 10.0 Å². The van der Waals surface area contributed by atoms with E-state index in [1.807, 2.05) is 0 Å². The summed E-state index contributed by atoms with van der Waals surface area (Å²) in [6, 6.07) is 12.3. The first-order chi connectivity index (χ1) is 10.1. The Morgan fingerprint density at radius 2 is 1.81 bits per heavy atom. The van der Waals surface area contributed by atoms with Crippen LogP contribution in [0.1, 0.15) is 0 Å². The Kier molecular flexibility index (Phi) is 3.32. The van der Waals surface area contributed by atoms with E-state index in [1.165, 1.54) is 24.3 Å². The monoisotopic (exact) mass is 306 g/mol. The van der Waals surface area contributed by atoms with Crippen LogP contribution in [0.4, 0.5) is 10.2 Å². The van der Waals surface area contributed by atoms with Gasteiger partial charge in [0.1, 0.15) is 11.3 Å². The third-order valence-electron chi connectivity index (χ3n) is 2.91. The summed E-state index contributed by atoms with van der Waals surface area (Å²) in [6.45, 7) is 0. The summed E-state index contributed by atoms with van der Waals surface area (Å²) >= 11 is 0. The lowest BCUT2D eigenvalue weighted by Gasteiger charge is -2.07. The van der Waals surface area contributed by atoms with Crippen molar-refractivity contribution in [1.82, 2.24) is 15.0 Å². The molecule has 0 atom stereocenters. The summed E-state index contributed by atoms with van der Waals surface area (Å²) in [5, 5.41) is 6.81. The van der Waals surface area contributed by atoms with Crippen molar-refractivity contribution in [1.29, 1.82) is 0 Å². The molecule has 0 aliphatic heterocycles. The minimum Gasteiger partial charge on any atom is -0.290 e. The molecule has 6 nitrogen and oxygen atoms in total. The predicted molar refractivity (Wildman–Crippen MR) is 76.4 cm³/mol. The van der Waals surface area contributed by atoms with Crippen molar-refractivity contribution in [3.05, 3.63) is 54.3 Å². The second kappa shape index (κ2) is 5.15. The first-order valence-corrected chi connectivity index (χ1v) is 7.52. The molecular weight excluding hydrogens is 295 g/mol. The number of benzene rings is 2. The second-order valence-corrected chi connectivity index (χ2v) is 5.96. The number of rotatable bonds is 4. The van der Waals surface area contributed by atoms with Crippen molar-refractivity contribution in [2.75, 3.05) is 5.43 Å². The largest absolute Gasteiger partial charge is 0.290 e. The van der Waals surface area contributed by atoms with Gasteiger partial charge >= 0.3 is 0 Å². The molecule has 3 rings (SSSR count). The number of nitrogens with one attached hydrogen (secondary N) is 3. The molecule has 0 aliphatic rings. The molecule has 3 aromatic rings. The van der Waals surface area contributed by atoms with Crippen molar-refractivity contribution < 1.29 is 12.8 Å². The molecule has 2 aromatic carbocycles. The van der Waals surface area contributed by atoms with Crippen LogP contribution < -0.4 is 10.3 Å². The Morgan fingerprint density at radius 3 is 2.57 bits per heavy atom. The number of nitrogens with zero attached hydrogens (tertiary/aromatic N) is 1. The Hall–Kier alpha value is -2.45. The van der Waals surface area contributed by atoms with Gasteiger partial charge in [-0.15, -0.1) is 4.83 Å². The predicted octanol–water partition coefficient (Wildman–Crippen LogP) is 2.01. The maximum atomic E-state index is 13.5. The van der Waals surface area contributed by atoms with Crippen molar-refractivity contribution in [3.63, 3.8) is 0 Å². The molecule has 0 saturated heterocycles. The molecule has 0 bridgehead atoms. The van der Waals surface area contributed by atoms with Crippen molar-refractivity contribution in [2.24, 2.45) is 0 Å². The highest BCUT2D eigenvalue weighted by atomic mass is 32.2. The van der Waals surface area contributed by atoms with Crippen molar-refractivity contribution in [2.45, 2.75) is 4.90 Å². The minimum absolute atomic E-state index is 0.114. The number of aromatic nitrogens is 2. The zero-order valence-electron chi connectivity index (χ0n) is 10.7. The first kappa shape index (κ1) is 13.5. The van der Waals surface area contributed by atoms with Gasteiger partial charge in [-0.05, 0) is 24.3 Å². The van der Waals surface area contributed by atoms with Crippen LogP contribution >= 0.6 is 0 Å². The maximum absolute atomic E-state index is 13.5. The number of sulfonamides is 1. The number of anilines is 1. The zero-order chi connectivity index (χ0) is 14.9. The Morgan fingerprint density at radius 1 is 1.05 bits per heavy atom. The first-order valence-electron chi connectivity index (χ1n) is 6.03. The van der Waals surface area contributed by atoms with E-state index in [4.69, 9.17) is 0 Å². The van der Waals surface area contributed by atoms with Gasteiger partial charge in [0.15, 0.2) is 5.82 Å². The quantitative estimate of drug-likeness (QED) is 0.644. The van der Waals surface area contributed by atoms with E-state index in [-0.39, 0.29) is 16.2 Å². The van der Waals surface area contributed by atoms with Crippen LogP contribution in [0.25, 0.3) is 10.9 Å². The summed E-state index contributed by atoms with van der Waals surface area (Å²) in [7, 11) is -3.72. The molecule has 108 valence electrons. The third-order valence-corrected chi connectivity index (χ3v) is 4.17. The van der Waals surface area contributed by atoms with Crippen molar-refractivity contribution in [3.8, 4) is 0 Å². The van der Waals surface area contributed by atoms with E-state index in [1.54, 1.807) is 24.3 Å². The minimum atomic E-state index is -3.72. The summed E-state index contributed by atoms with van der Waals surface area (Å²) in [4.78, 5) is 2.32. The average molecular weight is 306 g/mol. The molecule has 3 N–H and O–H groups in total. The fraction of sp³-hybridized carbons (Fsp3) is 0. The fourth-order valence-corrected chi connectivity index (χ4v) is 2.74. The number of fused-ring (bicyclic) bond motifs is 1. The van der Waals surface area contributed by atoms with Gasteiger partial charge in [-0.25, -0.2) is 12.8 Å². The lowest BCUT2D eigenvalue weighted by molar-refractivity contribution is 0.587. The van der Waals surface area contributed by atoms with Crippen LogP contribution in [-0.4, -0.2) is 18.6 Å². The highest BCUT2D eigenvalue weighted by molar-refractivity contribution is 7.89. The van der Waals surface area contributed by atoms with Crippen LogP contribution in [0, 0.1) is 5.82 Å². The lowest BCUT2D eigenvalue weighted by Crippen LogP contribution is -2.29. The molecule has 0 aliphatic carbocycles. The highest BCUT2D eigenvalue weighted by Crippen LogP contribution is 2.22. The number of para-hydroxylation sites is 1. The summed E-state index contributed by atoms with van der Waals surface area (Å²) < 4.78 is 37.6. The molecule has 0 unspecified atom stereocenters. The van der Waals surface area contributed by atoms with Gasteiger partial charge in [-0.2, -0.15) is 5.10 Å². The third kappa shape index (κ3) is 2.58. The Labute approximate surface area is 120 Å². The van der Waals surface area contributed by atoms with Gasteiger partial charge in [-0.1, -0.05) is 24.3 Å². The van der Waals surface area contributed by atoms with Crippen LogP contribution in [0.5, 0.6) is 0 Å². The summed E-state index contributed by atoms with van der Waals surface area (Å²) in [6.07, 6.45) is 0. The van der Waals surface area contributed by atoms with Crippen LogP contribution in [0.2, 0.25) is 0 Å². The van der Waals surface area contributed by atoms with Gasteiger partial charge in [0.25, 0.3) is 10.0 Å². The van der Waals surface area contributed by atoms with Gasteiger partial charge in [-0.3, -0.25) is 10.5 Å². The summed E-state index contributed by atoms with van der Waals surface area (Å²) in [5.41, 5.74) is 2.69. The van der Waals surface area contributed by atoms with Gasteiger partial charge in [0.05, 0.1) is 4.90 Å². The summed E-state index contributed by atoms with van der Waals surface area (Å²) in [5.74, 6) is -0.261. The average Bonchev–Trinajstić information content (AvgIpc) is 2.91. The van der Waals surface area contributed by atoms with E-state index < -0.39 is 15.8 Å². The molecule has 0 radical (unpaired) electrons. The van der Waals surface area contributed by atoms with E-state index in [9.17, 15) is 12.8 Å². The smallest absolute Gasteiger partial charge is 0.257 e. The second-order valence-electron chi connectivity index (χ2n) is 4.28.